The van der Waals surface area contributed by atoms with E-state index in [0.29, 0.717) is 5.92 Å². The average molecular weight is 411 g/mol. The second-order valence-corrected chi connectivity index (χ2v) is 8.99. The van der Waals surface area contributed by atoms with Gasteiger partial charge < -0.3 is 4.74 Å². The molecule has 158 valence electrons. The number of hydrazone groups is 1. The van der Waals surface area contributed by atoms with Gasteiger partial charge in [0.15, 0.2) is 6.61 Å². The van der Waals surface area contributed by atoms with Crippen LogP contribution in [0.15, 0.2) is 29.4 Å². The first-order chi connectivity index (χ1) is 14.1. The van der Waals surface area contributed by atoms with E-state index in [2.05, 4.69) is 31.3 Å². The van der Waals surface area contributed by atoms with Crippen LogP contribution in [0.1, 0.15) is 60.7 Å². The fourth-order valence-corrected chi connectivity index (χ4v) is 4.96. The topological polar surface area (TPSA) is 105 Å². The zero-order valence-corrected chi connectivity index (χ0v) is 17.4. The minimum absolute atomic E-state index is 0.0346. The summed E-state index contributed by atoms with van der Waals surface area (Å²) in [7, 11) is 0. The van der Waals surface area contributed by atoms with E-state index in [1.54, 1.807) is 12.1 Å². The van der Waals surface area contributed by atoms with Crippen molar-refractivity contribution in [3.63, 3.8) is 0 Å². The number of nitrogens with zero attached hydrogens (tertiary/aromatic N) is 2. The van der Waals surface area contributed by atoms with Gasteiger partial charge in [0.2, 0.25) is 0 Å². The second-order valence-electron chi connectivity index (χ2n) is 8.99. The van der Waals surface area contributed by atoms with E-state index in [4.69, 9.17) is 4.74 Å². The highest BCUT2D eigenvalue weighted by Crippen LogP contribution is 2.63. The van der Waals surface area contributed by atoms with Crippen LogP contribution < -0.4 is 5.43 Å². The number of imide groups is 1. The van der Waals surface area contributed by atoms with Crippen molar-refractivity contribution in [3.05, 3.63) is 35.4 Å². The maximum Gasteiger partial charge on any atom is 0.326 e. The van der Waals surface area contributed by atoms with Crippen LogP contribution in [0, 0.1) is 16.7 Å². The summed E-state index contributed by atoms with van der Waals surface area (Å²) < 4.78 is 4.94. The lowest BCUT2D eigenvalue weighted by Crippen LogP contribution is -2.37. The van der Waals surface area contributed by atoms with E-state index in [-0.39, 0.29) is 22.0 Å². The van der Waals surface area contributed by atoms with Gasteiger partial charge in [-0.25, -0.2) is 5.43 Å². The third-order valence-corrected chi connectivity index (χ3v) is 7.36. The molecule has 8 nitrogen and oxygen atoms in total. The number of ether oxygens (including phenoxy) is 1. The normalized spacial score (nSPS) is 27.5. The second kappa shape index (κ2) is 7.04. The van der Waals surface area contributed by atoms with Crippen LogP contribution in [0.2, 0.25) is 0 Å². The van der Waals surface area contributed by atoms with Gasteiger partial charge in [0, 0.05) is 11.1 Å². The quantitative estimate of drug-likeness (QED) is 0.454. The average Bonchev–Trinajstić information content (AvgIpc) is 3.17. The Morgan fingerprint density at radius 2 is 1.80 bits per heavy atom. The highest BCUT2D eigenvalue weighted by molar-refractivity contribution is 6.22. The molecule has 1 N–H and O–H groups in total. The maximum absolute atomic E-state index is 12.3. The number of benzene rings is 1. The number of rotatable bonds is 5. The molecule has 2 bridgehead atoms. The SMILES string of the molecule is CC12CCC(C/C1=N/NC(=O)COC(=O)CN1C(=O)c3ccccc3C1=O)C2(C)C. The van der Waals surface area contributed by atoms with Gasteiger partial charge in [-0.05, 0) is 42.7 Å². The zero-order chi connectivity index (χ0) is 21.7. The Balaban J connectivity index is 1.29. The smallest absolute Gasteiger partial charge is 0.326 e. The van der Waals surface area contributed by atoms with Crippen LogP contribution in [-0.4, -0.2) is 47.5 Å². The van der Waals surface area contributed by atoms with Gasteiger partial charge in [-0.1, -0.05) is 32.9 Å². The molecule has 3 amide bonds. The fraction of sp³-hybridized carbons (Fsp3) is 0.500. The Bertz CT molecular complexity index is 948. The molecule has 0 spiro atoms. The van der Waals surface area contributed by atoms with Gasteiger partial charge in [-0.2, -0.15) is 5.10 Å². The lowest BCUT2D eigenvalue weighted by Gasteiger charge is -2.34. The van der Waals surface area contributed by atoms with E-state index in [1.807, 2.05) is 0 Å². The number of carbonyl (C=O) groups excluding carboxylic acids is 4. The van der Waals surface area contributed by atoms with Gasteiger partial charge in [-0.3, -0.25) is 24.1 Å². The van der Waals surface area contributed by atoms with Crippen LogP contribution in [0.4, 0.5) is 0 Å². The third-order valence-electron chi connectivity index (χ3n) is 7.36. The predicted molar refractivity (Wildman–Crippen MR) is 108 cm³/mol. The van der Waals surface area contributed by atoms with E-state index >= 15 is 0 Å². The number of hydrogen-bond acceptors (Lipinski definition) is 6. The number of fused-ring (bicyclic) bond motifs is 3. The molecule has 4 rings (SSSR count). The highest BCUT2D eigenvalue weighted by Gasteiger charge is 2.60. The summed E-state index contributed by atoms with van der Waals surface area (Å²) in [6, 6.07) is 6.36. The molecule has 1 aromatic carbocycles. The minimum Gasteiger partial charge on any atom is -0.454 e. The number of esters is 1. The van der Waals surface area contributed by atoms with Crippen molar-refractivity contribution in [3.8, 4) is 0 Å². The van der Waals surface area contributed by atoms with E-state index in [1.165, 1.54) is 18.6 Å². The van der Waals surface area contributed by atoms with Gasteiger partial charge in [-0.15, -0.1) is 0 Å². The van der Waals surface area contributed by atoms with Gasteiger partial charge in [0.25, 0.3) is 17.7 Å². The first-order valence-corrected chi connectivity index (χ1v) is 10.1. The Hall–Kier alpha value is -3.03. The molecule has 2 aliphatic carbocycles. The van der Waals surface area contributed by atoms with E-state index in [0.717, 1.165) is 23.5 Å². The molecule has 0 radical (unpaired) electrons. The summed E-state index contributed by atoms with van der Waals surface area (Å²) in [5, 5.41) is 4.31. The molecule has 0 saturated heterocycles. The van der Waals surface area contributed by atoms with Crippen molar-refractivity contribution in [1.82, 2.24) is 10.3 Å². The van der Waals surface area contributed by atoms with Crippen molar-refractivity contribution in [2.75, 3.05) is 13.2 Å². The van der Waals surface area contributed by atoms with Crippen molar-refractivity contribution < 1.29 is 23.9 Å². The summed E-state index contributed by atoms with van der Waals surface area (Å²) in [5.74, 6) is -1.91. The van der Waals surface area contributed by atoms with E-state index < -0.39 is 36.8 Å². The summed E-state index contributed by atoms with van der Waals surface area (Å²) in [4.78, 5) is 49.5. The summed E-state index contributed by atoms with van der Waals surface area (Å²) in [6.07, 6.45) is 3.09. The third kappa shape index (κ3) is 3.02. The number of nitrogens with one attached hydrogen (secondary N) is 1. The summed E-state index contributed by atoms with van der Waals surface area (Å²) >= 11 is 0. The van der Waals surface area contributed by atoms with Gasteiger partial charge in [0.05, 0.1) is 11.1 Å². The van der Waals surface area contributed by atoms with Crippen LogP contribution in [0.3, 0.4) is 0 Å². The standard InChI is InChI=1S/C22H25N3O5/c1-21(2)13-8-9-22(21,3)16(10-13)23-24-17(26)12-30-18(27)11-25-19(28)14-6-4-5-7-15(14)20(25)29/h4-7,13H,8-12H2,1-3H3,(H,24,26)/b23-16-. The molecule has 1 aliphatic heterocycles. The maximum atomic E-state index is 12.3. The molecule has 3 aliphatic rings. The van der Waals surface area contributed by atoms with Crippen molar-refractivity contribution in [1.29, 1.82) is 0 Å². The first-order valence-electron chi connectivity index (χ1n) is 10.1. The molecular weight excluding hydrogens is 386 g/mol. The largest absolute Gasteiger partial charge is 0.454 e. The summed E-state index contributed by atoms with van der Waals surface area (Å²) in [6.45, 7) is 5.61. The van der Waals surface area contributed by atoms with Gasteiger partial charge >= 0.3 is 5.97 Å². The molecule has 2 atom stereocenters. The van der Waals surface area contributed by atoms with Crippen LogP contribution >= 0.6 is 0 Å². The lowest BCUT2D eigenvalue weighted by atomic mass is 9.70. The Morgan fingerprint density at radius 3 is 2.33 bits per heavy atom. The van der Waals surface area contributed by atoms with Crippen LogP contribution in [0.25, 0.3) is 0 Å². The molecule has 0 aromatic heterocycles. The predicted octanol–water partition coefficient (Wildman–Crippen LogP) is 2.14. The molecule has 1 aromatic rings. The Morgan fingerprint density at radius 1 is 1.17 bits per heavy atom. The lowest BCUT2D eigenvalue weighted by molar-refractivity contribution is -0.148. The highest BCUT2D eigenvalue weighted by atomic mass is 16.5. The molecule has 1 heterocycles. The molecule has 8 heteroatoms. The number of carbonyl (C=O) groups is 4. The molecule has 30 heavy (non-hydrogen) atoms. The van der Waals surface area contributed by atoms with Crippen LogP contribution in [-0.2, 0) is 14.3 Å². The van der Waals surface area contributed by atoms with Crippen molar-refractivity contribution >= 4 is 29.4 Å². The molecular formula is C22H25N3O5. The molecule has 2 saturated carbocycles. The monoisotopic (exact) mass is 411 g/mol. The number of hydrogen-bond donors (Lipinski definition) is 1. The van der Waals surface area contributed by atoms with Gasteiger partial charge in [0.1, 0.15) is 6.54 Å². The molecule has 2 unspecified atom stereocenters. The zero-order valence-electron chi connectivity index (χ0n) is 17.4. The Kier molecular flexibility index (Phi) is 4.75. The first kappa shape index (κ1) is 20.3. The van der Waals surface area contributed by atoms with Crippen molar-refractivity contribution in [2.45, 2.75) is 40.0 Å². The fourth-order valence-electron chi connectivity index (χ4n) is 4.96. The van der Waals surface area contributed by atoms with E-state index in [9.17, 15) is 19.2 Å². The Labute approximate surface area is 174 Å². The minimum atomic E-state index is -0.833. The van der Waals surface area contributed by atoms with Crippen LogP contribution in [0.5, 0.6) is 0 Å². The summed E-state index contributed by atoms with van der Waals surface area (Å²) in [5.41, 5.74) is 4.08. The van der Waals surface area contributed by atoms with Crippen molar-refractivity contribution in [2.24, 2.45) is 21.8 Å². The molecule has 2 fully saturated rings. The number of amides is 3.